The molecule has 0 bridgehead atoms. The maximum absolute atomic E-state index is 11.3. The lowest BCUT2D eigenvalue weighted by atomic mass is 10.2. The fourth-order valence-corrected chi connectivity index (χ4v) is 3.20. The Morgan fingerprint density at radius 1 is 1.29 bits per heavy atom. The second-order valence-electron chi connectivity index (χ2n) is 5.82. The zero-order chi connectivity index (χ0) is 17.6. The number of rotatable bonds is 5. The number of aliphatic imine (C=N–C) groups is 1. The van der Waals surface area contributed by atoms with Gasteiger partial charge in [-0.15, -0.1) is 0 Å². The van der Waals surface area contributed by atoms with Crippen molar-refractivity contribution in [1.82, 2.24) is 10.2 Å². The quantitative estimate of drug-likeness (QED) is 0.626. The lowest BCUT2D eigenvalue weighted by Crippen LogP contribution is -2.52. The molecule has 1 saturated heterocycles. The van der Waals surface area contributed by atoms with Crippen LogP contribution in [0.5, 0.6) is 0 Å². The highest BCUT2D eigenvalue weighted by molar-refractivity contribution is 7.90. The van der Waals surface area contributed by atoms with Crippen molar-refractivity contribution < 1.29 is 8.42 Å². The number of guanidine groups is 1. The highest BCUT2D eigenvalue weighted by Gasteiger charge is 2.20. The lowest BCUT2D eigenvalue weighted by molar-refractivity contribution is 0.373. The highest BCUT2D eigenvalue weighted by atomic mass is 35.5. The second kappa shape index (κ2) is 8.58. The van der Waals surface area contributed by atoms with Crippen LogP contribution in [0, 0.1) is 0 Å². The third-order valence-electron chi connectivity index (χ3n) is 3.81. The maximum Gasteiger partial charge on any atom is 0.194 e. The van der Waals surface area contributed by atoms with Gasteiger partial charge in [-0.25, -0.2) is 8.42 Å². The van der Waals surface area contributed by atoms with Crippen LogP contribution in [0.25, 0.3) is 0 Å². The number of hydrogen-bond acceptors (Lipinski definition) is 4. The Hall–Kier alpha value is -1.47. The van der Waals surface area contributed by atoms with E-state index in [9.17, 15) is 8.42 Å². The summed E-state index contributed by atoms with van der Waals surface area (Å²) in [6.07, 6.45) is 1.24. The van der Waals surface area contributed by atoms with Gasteiger partial charge in [0.05, 0.1) is 12.3 Å². The van der Waals surface area contributed by atoms with Crippen molar-refractivity contribution in [3.8, 4) is 0 Å². The topological polar surface area (TPSA) is 65.0 Å². The van der Waals surface area contributed by atoms with E-state index < -0.39 is 9.84 Å². The van der Waals surface area contributed by atoms with Gasteiger partial charge in [0.15, 0.2) is 5.96 Å². The van der Waals surface area contributed by atoms with Crippen LogP contribution < -0.4 is 10.2 Å². The molecule has 0 aromatic heterocycles. The molecule has 0 atom stereocenters. The monoisotopic (exact) mass is 372 g/mol. The molecule has 1 fully saturated rings. The van der Waals surface area contributed by atoms with E-state index in [4.69, 9.17) is 11.6 Å². The van der Waals surface area contributed by atoms with E-state index >= 15 is 0 Å². The number of anilines is 1. The van der Waals surface area contributed by atoms with Crippen LogP contribution in [0.2, 0.25) is 5.02 Å². The van der Waals surface area contributed by atoms with E-state index in [-0.39, 0.29) is 12.3 Å². The predicted molar refractivity (Wildman–Crippen MR) is 101 cm³/mol. The van der Waals surface area contributed by atoms with Crippen LogP contribution in [0.3, 0.4) is 0 Å². The molecule has 0 amide bonds. The molecule has 0 unspecified atom stereocenters. The van der Waals surface area contributed by atoms with E-state index in [1.165, 1.54) is 6.26 Å². The van der Waals surface area contributed by atoms with Crippen molar-refractivity contribution in [2.45, 2.75) is 6.92 Å². The van der Waals surface area contributed by atoms with Crippen molar-refractivity contribution >= 4 is 33.1 Å². The largest absolute Gasteiger partial charge is 0.368 e. The van der Waals surface area contributed by atoms with Gasteiger partial charge in [0.2, 0.25) is 0 Å². The number of nitrogens with one attached hydrogen (secondary N) is 1. The normalized spacial score (nSPS) is 16.4. The molecule has 2 rings (SSSR count). The Bertz CT molecular complexity index is 670. The third kappa shape index (κ3) is 5.87. The third-order valence-corrected chi connectivity index (χ3v) is 4.97. The SMILES string of the molecule is CCNC(=NCCS(C)(=O)=O)N1CCN(c2cccc(Cl)c2)CC1. The Morgan fingerprint density at radius 3 is 2.58 bits per heavy atom. The first-order chi connectivity index (χ1) is 11.4. The fourth-order valence-electron chi connectivity index (χ4n) is 2.59. The summed E-state index contributed by atoms with van der Waals surface area (Å²) in [7, 11) is -2.99. The van der Waals surface area contributed by atoms with Crippen LogP contribution in [0.15, 0.2) is 29.3 Å². The van der Waals surface area contributed by atoms with E-state index in [0.717, 1.165) is 49.4 Å². The molecule has 134 valence electrons. The molecule has 0 aliphatic carbocycles. The summed E-state index contributed by atoms with van der Waals surface area (Å²) in [6, 6.07) is 7.87. The molecule has 8 heteroatoms. The molecule has 1 aromatic rings. The number of hydrogen-bond donors (Lipinski definition) is 1. The number of benzene rings is 1. The van der Waals surface area contributed by atoms with Gasteiger partial charge in [0.25, 0.3) is 0 Å². The van der Waals surface area contributed by atoms with E-state index in [1.54, 1.807) is 0 Å². The highest BCUT2D eigenvalue weighted by Crippen LogP contribution is 2.20. The van der Waals surface area contributed by atoms with E-state index in [1.807, 2.05) is 25.1 Å². The Labute approximate surface area is 149 Å². The van der Waals surface area contributed by atoms with Gasteiger partial charge in [-0.1, -0.05) is 17.7 Å². The first kappa shape index (κ1) is 18.9. The summed E-state index contributed by atoms with van der Waals surface area (Å²) >= 11 is 6.06. The minimum Gasteiger partial charge on any atom is -0.368 e. The van der Waals surface area contributed by atoms with Crippen molar-refractivity contribution in [3.05, 3.63) is 29.3 Å². The molecule has 6 nitrogen and oxygen atoms in total. The molecule has 1 aliphatic heterocycles. The molecular formula is C16H25ClN4O2S. The molecule has 1 aromatic carbocycles. The van der Waals surface area contributed by atoms with Crippen LogP contribution in [-0.2, 0) is 9.84 Å². The van der Waals surface area contributed by atoms with Crippen molar-refractivity contribution in [2.24, 2.45) is 4.99 Å². The molecule has 24 heavy (non-hydrogen) atoms. The first-order valence-corrected chi connectivity index (χ1v) is 10.5. The van der Waals surface area contributed by atoms with Gasteiger partial charge in [0.1, 0.15) is 9.84 Å². The number of nitrogens with zero attached hydrogens (tertiary/aromatic N) is 3. The average molecular weight is 373 g/mol. The minimum absolute atomic E-state index is 0.0738. The molecule has 1 aliphatic rings. The van der Waals surface area contributed by atoms with E-state index in [2.05, 4.69) is 26.2 Å². The molecule has 0 spiro atoms. The zero-order valence-electron chi connectivity index (χ0n) is 14.2. The maximum atomic E-state index is 11.3. The van der Waals surface area contributed by atoms with E-state index in [0.29, 0.717) is 0 Å². The molecule has 0 radical (unpaired) electrons. The summed E-state index contributed by atoms with van der Waals surface area (Å²) < 4.78 is 22.5. The van der Waals surface area contributed by atoms with Gasteiger partial charge in [-0.05, 0) is 25.1 Å². The van der Waals surface area contributed by atoms with Crippen LogP contribution in [0.4, 0.5) is 5.69 Å². The lowest BCUT2D eigenvalue weighted by Gasteiger charge is -2.37. The van der Waals surface area contributed by atoms with Crippen molar-refractivity contribution in [3.63, 3.8) is 0 Å². The summed E-state index contributed by atoms with van der Waals surface area (Å²) in [5.41, 5.74) is 1.13. The summed E-state index contributed by atoms with van der Waals surface area (Å²) in [5, 5.41) is 3.99. The smallest absolute Gasteiger partial charge is 0.194 e. The summed E-state index contributed by atoms with van der Waals surface area (Å²) in [5.74, 6) is 0.858. The first-order valence-electron chi connectivity index (χ1n) is 8.10. The minimum atomic E-state index is -2.99. The molecule has 1 heterocycles. The van der Waals surface area contributed by atoms with Gasteiger partial charge in [0, 0.05) is 49.7 Å². The average Bonchev–Trinajstić information content (AvgIpc) is 2.53. The van der Waals surface area contributed by atoms with Gasteiger partial charge >= 0.3 is 0 Å². The van der Waals surface area contributed by atoms with Gasteiger partial charge in [-0.3, -0.25) is 4.99 Å². The fraction of sp³-hybridized carbons (Fsp3) is 0.562. The Morgan fingerprint density at radius 2 is 2.00 bits per heavy atom. The van der Waals surface area contributed by atoms with Crippen molar-refractivity contribution in [1.29, 1.82) is 0 Å². The van der Waals surface area contributed by atoms with Crippen LogP contribution in [-0.4, -0.2) is 70.6 Å². The Balaban J connectivity index is 1.95. The number of halogens is 1. The molecular weight excluding hydrogens is 348 g/mol. The second-order valence-corrected chi connectivity index (χ2v) is 8.52. The standard InChI is InChI=1S/C16H25ClN4O2S/c1-3-18-16(19-7-12-24(2,22)23)21-10-8-20(9-11-21)15-6-4-5-14(17)13-15/h4-6,13H,3,7-12H2,1-2H3,(H,18,19). The van der Waals surface area contributed by atoms with Gasteiger partial charge in [-0.2, -0.15) is 0 Å². The number of piperazine rings is 1. The summed E-state index contributed by atoms with van der Waals surface area (Å²) in [4.78, 5) is 8.91. The number of sulfone groups is 1. The molecule has 1 N–H and O–H groups in total. The van der Waals surface area contributed by atoms with Crippen LogP contribution in [0.1, 0.15) is 6.92 Å². The molecule has 0 saturated carbocycles. The predicted octanol–water partition coefficient (Wildman–Crippen LogP) is 1.47. The summed E-state index contributed by atoms with van der Waals surface area (Å²) in [6.45, 7) is 6.46. The van der Waals surface area contributed by atoms with Crippen LogP contribution >= 0.6 is 11.6 Å². The van der Waals surface area contributed by atoms with Crippen molar-refractivity contribution in [2.75, 3.05) is 56.2 Å². The Kier molecular flexibility index (Phi) is 6.74. The van der Waals surface area contributed by atoms with Gasteiger partial charge < -0.3 is 15.1 Å². The zero-order valence-corrected chi connectivity index (χ0v) is 15.8.